The van der Waals surface area contributed by atoms with E-state index in [1.807, 2.05) is 25.1 Å². The second-order valence-corrected chi connectivity index (χ2v) is 6.00. The van der Waals surface area contributed by atoms with E-state index in [-0.39, 0.29) is 0 Å². The van der Waals surface area contributed by atoms with Crippen LogP contribution in [-0.2, 0) is 0 Å². The number of methoxy groups -OCH3 is 1. The standard InChI is InChI=1S/C19H24N4O/c1-5-6-10-20-18-17(15-8-7-9-16(12-15)24-4)22-19-21-13(2)11-14(3)23(18)19/h7-9,11-12,20H,5-6,10H2,1-4H3. The number of nitrogens with zero attached hydrogens (tertiary/aromatic N) is 3. The smallest absolute Gasteiger partial charge is 0.236 e. The highest BCUT2D eigenvalue weighted by atomic mass is 16.5. The van der Waals surface area contributed by atoms with Crippen LogP contribution in [0.4, 0.5) is 5.82 Å². The van der Waals surface area contributed by atoms with Crippen LogP contribution in [0.25, 0.3) is 17.0 Å². The topological polar surface area (TPSA) is 51.5 Å². The summed E-state index contributed by atoms with van der Waals surface area (Å²) in [4.78, 5) is 9.39. The van der Waals surface area contributed by atoms with Gasteiger partial charge in [-0.15, -0.1) is 0 Å². The lowest BCUT2D eigenvalue weighted by Crippen LogP contribution is -2.07. The first-order valence-electron chi connectivity index (χ1n) is 8.39. The van der Waals surface area contributed by atoms with Crippen LogP contribution < -0.4 is 10.1 Å². The minimum Gasteiger partial charge on any atom is -0.497 e. The van der Waals surface area contributed by atoms with Gasteiger partial charge >= 0.3 is 0 Å². The third-order valence-corrected chi connectivity index (χ3v) is 4.07. The van der Waals surface area contributed by atoms with Crippen LogP contribution in [0.2, 0.25) is 0 Å². The van der Waals surface area contributed by atoms with Crippen molar-refractivity contribution in [2.45, 2.75) is 33.6 Å². The number of anilines is 1. The van der Waals surface area contributed by atoms with Crippen LogP contribution in [0.1, 0.15) is 31.2 Å². The SMILES string of the molecule is CCCCNc1c(-c2cccc(OC)c2)nc2nc(C)cc(C)n12. The van der Waals surface area contributed by atoms with E-state index < -0.39 is 0 Å². The molecule has 0 saturated heterocycles. The molecular weight excluding hydrogens is 300 g/mol. The number of hydrogen-bond donors (Lipinski definition) is 1. The molecule has 1 aromatic carbocycles. The highest BCUT2D eigenvalue weighted by Gasteiger charge is 2.17. The van der Waals surface area contributed by atoms with Gasteiger partial charge in [0.1, 0.15) is 17.3 Å². The number of benzene rings is 1. The summed E-state index contributed by atoms with van der Waals surface area (Å²) in [5.74, 6) is 2.55. The van der Waals surface area contributed by atoms with Gasteiger partial charge in [-0.1, -0.05) is 25.5 Å². The number of rotatable bonds is 6. The first-order valence-corrected chi connectivity index (χ1v) is 8.39. The molecule has 0 atom stereocenters. The van der Waals surface area contributed by atoms with Gasteiger partial charge in [-0.05, 0) is 38.5 Å². The molecular formula is C19H24N4O. The maximum absolute atomic E-state index is 5.36. The van der Waals surface area contributed by atoms with Crippen molar-refractivity contribution in [1.82, 2.24) is 14.4 Å². The summed E-state index contributed by atoms with van der Waals surface area (Å²) in [5, 5.41) is 3.55. The fourth-order valence-electron chi connectivity index (χ4n) is 2.89. The van der Waals surface area contributed by atoms with Crippen LogP contribution >= 0.6 is 0 Å². The summed E-state index contributed by atoms with van der Waals surface area (Å²) in [5.41, 5.74) is 4.03. The largest absolute Gasteiger partial charge is 0.497 e. The summed E-state index contributed by atoms with van der Waals surface area (Å²) in [7, 11) is 1.68. The van der Waals surface area contributed by atoms with Crippen LogP contribution in [0.5, 0.6) is 5.75 Å². The highest BCUT2D eigenvalue weighted by Crippen LogP contribution is 2.31. The summed E-state index contributed by atoms with van der Waals surface area (Å²) < 4.78 is 7.46. The Kier molecular flexibility index (Phi) is 4.69. The molecule has 3 aromatic rings. The van der Waals surface area contributed by atoms with Crippen molar-refractivity contribution < 1.29 is 4.74 Å². The Balaban J connectivity index is 2.17. The van der Waals surface area contributed by atoms with Crippen LogP contribution in [0.15, 0.2) is 30.3 Å². The van der Waals surface area contributed by atoms with E-state index in [4.69, 9.17) is 9.72 Å². The summed E-state index contributed by atoms with van der Waals surface area (Å²) in [6, 6.07) is 10.1. The molecule has 0 aliphatic heterocycles. The van der Waals surface area contributed by atoms with E-state index in [1.54, 1.807) is 7.11 Å². The van der Waals surface area contributed by atoms with Crippen molar-refractivity contribution in [2.24, 2.45) is 0 Å². The molecule has 0 radical (unpaired) electrons. The first-order chi connectivity index (χ1) is 11.6. The third kappa shape index (κ3) is 3.07. The monoisotopic (exact) mass is 324 g/mol. The molecule has 0 bridgehead atoms. The quantitative estimate of drug-likeness (QED) is 0.689. The number of fused-ring (bicyclic) bond motifs is 1. The third-order valence-electron chi connectivity index (χ3n) is 4.07. The van der Waals surface area contributed by atoms with Gasteiger partial charge in [-0.25, -0.2) is 9.97 Å². The van der Waals surface area contributed by atoms with Crippen molar-refractivity contribution >= 4 is 11.6 Å². The predicted octanol–water partition coefficient (Wildman–Crippen LogP) is 4.23. The molecule has 1 N–H and O–H groups in total. The summed E-state index contributed by atoms with van der Waals surface area (Å²) in [6.45, 7) is 7.19. The van der Waals surface area contributed by atoms with E-state index in [0.29, 0.717) is 0 Å². The molecule has 0 spiro atoms. The second-order valence-electron chi connectivity index (χ2n) is 6.00. The zero-order chi connectivity index (χ0) is 17.1. The van der Waals surface area contributed by atoms with E-state index in [0.717, 1.165) is 59.4 Å². The number of imidazole rings is 1. The Labute approximate surface area is 142 Å². The Morgan fingerprint density at radius 3 is 2.75 bits per heavy atom. The molecule has 126 valence electrons. The van der Waals surface area contributed by atoms with Gasteiger partial charge in [-0.3, -0.25) is 4.40 Å². The van der Waals surface area contributed by atoms with Crippen molar-refractivity contribution in [3.05, 3.63) is 41.7 Å². The Hall–Kier alpha value is -2.56. The Morgan fingerprint density at radius 1 is 1.17 bits per heavy atom. The average Bonchev–Trinajstić information content (AvgIpc) is 2.94. The number of ether oxygens (including phenoxy) is 1. The Morgan fingerprint density at radius 2 is 2.00 bits per heavy atom. The average molecular weight is 324 g/mol. The van der Waals surface area contributed by atoms with Crippen LogP contribution in [0, 0.1) is 13.8 Å². The van der Waals surface area contributed by atoms with Gasteiger partial charge in [0.05, 0.1) is 7.11 Å². The predicted molar refractivity (Wildman–Crippen MR) is 97.8 cm³/mol. The van der Waals surface area contributed by atoms with E-state index in [2.05, 4.69) is 40.7 Å². The zero-order valence-electron chi connectivity index (χ0n) is 14.8. The molecule has 0 amide bonds. The van der Waals surface area contributed by atoms with E-state index >= 15 is 0 Å². The molecule has 0 fully saturated rings. The molecule has 24 heavy (non-hydrogen) atoms. The first kappa shape index (κ1) is 16.3. The van der Waals surface area contributed by atoms with E-state index in [9.17, 15) is 0 Å². The van der Waals surface area contributed by atoms with Crippen molar-refractivity contribution in [1.29, 1.82) is 0 Å². The fraction of sp³-hybridized carbons (Fsp3) is 0.368. The fourth-order valence-corrected chi connectivity index (χ4v) is 2.89. The highest BCUT2D eigenvalue weighted by molar-refractivity contribution is 5.76. The number of aromatic nitrogens is 3. The lowest BCUT2D eigenvalue weighted by Gasteiger charge is -2.10. The maximum Gasteiger partial charge on any atom is 0.236 e. The minimum absolute atomic E-state index is 0.726. The van der Waals surface area contributed by atoms with Crippen molar-refractivity contribution in [3.8, 4) is 17.0 Å². The molecule has 5 heteroatoms. The van der Waals surface area contributed by atoms with Gasteiger partial charge in [0, 0.05) is 23.5 Å². The van der Waals surface area contributed by atoms with E-state index in [1.165, 1.54) is 0 Å². The molecule has 5 nitrogen and oxygen atoms in total. The minimum atomic E-state index is 0.726. The van der Waals surface area contributed by atoms with Crippen LogP contribution in [-0.4, -0.2) is 28.0 Å². The Bertz CT molecular complexity index is 854. The molecule has 0 saturated carbocycles. The van der Waals surface area contributed by atoms with Gasteiger partial charge in [0.15, 0.2) is 0 Å². The number of unbranched alkanes of at least 4 members (excludes halogenated alkanes) is 1. The maximum atomic E-state index is 5.36. The van der Waals surface area contributed by atoms with Crippen molar-refractivity contribution in [3.63, 3.8) is 0 Å². The summed E-state index contributed by atoms with van der Waals surface area (Å²) in [6.07, 6.45) is 2.26. The number of hydrogen-bond acceptors (Lipinski definition) is 4. The van der Waals surface area contributed by atoms with Crippen molar-refractivity contribution in [2.75, 3.05) is 19.0 Å². The van der Waals surface area contributed by atoms with Gasteiger partial charge in [0.25, 0.3) is 0 Å². The lowest BCUT2D eigenvalue weighted by atomic mass is 10.1. The number of nitrogens with one attached hydrogen (secondary N) is 1. The molecule has 2 aromatic heterocycles. The van der Waals surface area contributed by atoms with Gasteiger partial charge in [-0.2, -0.15) is 0 Å². The summed E-state index contributed by atoms with van der Waals surface area (Å²) >= 11 is 0. The lowest BCUT2D eigenvalue weighted by molar-refractivity contribution is 0.415. The molecule has 0 unspecified atom stereocenters. The van der Waals surface area contributed by atoms with Gasteiger partial charge in [0.2, 0.25) is 5.78 Å². The molecule has 2 heterocycles. The van der Waals surface area contributed by atoms with Crippen LogP contribution in [0.3, 0.4) is 0 Å². The number of aryl methyl sites for hydroxylation is 2. The normalized spacial score (nSPS) is 11.0. The second kappa shape index (κ2) is 6.91. The molecule has 0 aliphatic carbocycles. The zero-order valence-corrected chi connectivity index (χ0v) is 14.8. The van der Waals surface area contributed by atoms with Gasteiger partial charge < -0.3 is 10.1 Å². The molecule has 3 rings (SSSR count). The molecule has 0 aliphatic rings.